The van der Waals surface area contributed by atoms with Crippen LogP contribution in [0.4, 0.5) is 0 Å². The molecule has 0 aromatic heterocycles. The largest absolute Gasteiger partial charge is 0.336 e. The molecule has 1 amide bonds. The van der Waals surface area contributed by atoms with E-state index < -0.39 is 0 Å². The number of hydrogen-bond acceptors (Lipinski definition) is 1. The Labute approximate surface area is 127 Å². The summed E-state index contributed by atoms with van der Waals surface area (Å²) >= 11 is 8.18. The average molecular weight is 378 g/mol. The van der Waals surface area contributed by atoms with E-state index in [0.29, 0.717) is 10.9 Å². The number of benzene rings is 1. The van der Waals surface area contributed by atoms with E-state index in [1.54, 1.807) is 6.07 Å². The maximum atomic E-state index is 12.6. The van der Waals surface area contributed by atoms with Gasteiger partial charge in [-0.25, -0.2) is 0 Å². The van der Waals surface area contributed by atoms with Crippen LogP contribution in [0.3, 0.4) is 0 Å². The lowest BCUT2D eigenvalue weighted by atomic mass is 10.1. The van der Waals surface area contributed by atoms with Crippen molar-refractivity contribution in [2.75, 3.05) is 6.54 Å². The Morgan fingerprint density at radius 3 is 2.72 bits per heavy atom. The maximum absolute atomic E-state index is 12.6. The molecule has 2 rings (SSSR count). The minimum absolute atomic E-state index is 0.101. The summed E-state index contributed by atoms with van der Waals surface area (Å²) in [5.74, 6) is 0.803. The van der Waals surface area contributed by atoms with Crippen molar-refractivity contribution in [3.8, 4) is 0 Å². The predicted molar refractivity (Wildman–Crippen MR) is 83.1 cm³/mol. The zero-order valence-electron chi connectivity index (χ0n) is 10.6. The molecule has 0 N–H and O–H groups in total. The van der Waals surface area contributed by atoms with E-state index >= 15 is 0 Å². The fourth-order valence-corrected chi connectivity index (χ4v) is 2.66. The predicted octanol–water partition coefficient (Wildman–Crippen LogP) is 4.21. The van der Waals surface area contributed by atoms with Gasteiger partial charge in [0.25, 0.3) is 5.91 Å². The third-order valence-corrected chi connectivity index (χ3v) is 4.37. The van der Waals surface area contributed by atoms with Crippen LogP contribution < -0.4 is 0 Å². The van der Waals surface area contributed by atoms with Crippen molar-refractivity contribution in [3.05, 3.63) is 32.4 Å². The molecule has 1 aliphatic carbocycles. The van der Waals surface area contributed by atoms with Crippen molar-refractivity contribution in [1.29, 1.82) is 0 Å². The molecule has 1 aromatic rings. The number of hydrogen-bond donors (Lipinski definition) is 0. The first-order chi connectivity index (χ1) is 8.49. The number of carbonyl (C=O) groups is 1. The second-order valence-corrected chi connectivity index (χ2v) is 6.72. The summed E-state index contributed by atoms with van der Waals surface area (Å²) in [5, 5.41) is 0.619. The molecule has 0 bridgehead atoms. The second-order valence-electron chi connectivity index (χ2n) is 5.12. The monoisotopic (exact) mass is 377 g/mol. The summed E-state index contributed by atoms with van der Waals surface area (Å²) in [6.07, 6.45) is 2.51. The summed E-state index contributed by atoms with van der Waals surface area (Å²) in [4.78, 5) is 14.5. The molecule has 0 atom stereocenters. The van der Waals surface area contributed by atoms with Crippen molar-refractivity contribution in [2.24, 2.45) is 5.92 Å². The van der Waals surface area contributed by atoms with Crippen LogP contribution in [0.2, 0.25) is 5.02 Å². The molecule has 98 valence electrons. The molecule has 0 spiro atoms. The number of amides is 1. The van der Waals surface area contributed by atoms with E-state index in [-0.39, 0.29) is 11.9 Å². The zero-order valence-corrected chi connectivity index (χ0v) is 13.5. The molecule has 1 aromatic carbocycles. The molecule has 1 aliphatic rings. The Morgan fingerprint density at radius 2 is 2.17 bits per heavy atom. The summed E-state index contributed by atoms with van der Waals surface area (Å²) in [6.45, 7) is 5.01. The molecule has 0 unspecified atom stereocenters. The summed E-state index contributed by atoms with van der Waals surface area (Å²) in [7, 11) is 0. The third-order valence-electron chi connectivity index (χ3n) is 3.19. The second kappa shape index (κ2) is 5.78. The highest BCUT2D eigenvalue weighted by Gasteiger charge is 2.29. The first-order valence-corrected chi connectivity index (χ1v) is 7.70. The van der Waals surface area contributed by atoms with Crippen LogP contribution >= 0.6 is 34.2 Å². The Hall–Kier alpha value is -0.290. The van der Waals surface area contributed by atoms with Crippen LogP contribution in [-0.2, 0) is 0 Å². The lowest BCUT2D eigenvalue weighted by molar-refractivity contribution is 0.0695. The molecule has 0 aliphatic heterocycles. The molecule has 2 nitrogen and oxygen atoms in total. The first-order valence-electron chi connectivity index (χ1n) is 6.25. The van der Waals surface area contributed by atoms with Crippen LogP contribution in [0.15, 0.2) is 18.2 Å². The number of nitrogens with zero attached hydrogens (tertiary/aromatic N) is 1. The van der Waals surface area contributed by atoms with Gasteiger partial charge in [0.15, 0.2) is 0 Å². The van der Waals surface area contributed by atoms with Gasteiger partial charge in [0.05, 0.1) is 5.56 Å². The molecule has 0 saturated heterocycles. The molecule has 1 fully saturated rings. The van der Waals surface area contributed by atoms with Crippen LogP contribution in [0.5, 0.6) is 0 Å². The normalized spacial score (nSPS) is 14.9. The summed E-state index contributed by atoms with van der Waals surface area (Å²) in [6, 6.07) is 5.72. The van der Waals surface area contributed by atoms with E-state index in [9.17, 15) is 4.79 Å². The van der Waals surface area contributed by atoms with Gasteiger partial charge in [0.2, 0.25) is 0 Å². The standard InChI is InChI=1S/C14H17ClINO/c1-9(2)17(8-10-3-4-10)14(18)12-7-11(15)5-6-13(12)16/h5-7,9-10H,3-4,8H2,1-2H3. The highest BCUT2D eigenvalue weighted by molar-refractivity contribution is 14.1. The Bertz CT molecular complexity index is 457. The van der Waals surface area contributed by atoms with Gasteiger partial charge in [0.1, 0.15) is 0 Å². The fourth-order valence-electron chi connectivity index (χ4n) is 1.92. The topological polar surface area (TPSA) is 20.3 Å². The van der Waals surface area contributed by atoms with Gasteiger partial charge in [0, 0.05) is 21.2 Å². The van der Waals surface area contributed by atoms with Crippen LogP contribution in [0.25, 0.3) is 0 Å². The molecule has 1 saturated carbocycles. The van der Waals surface area contributed by atoms with E-state index in [0.717, 1.165) is 15.7 Å². The molecule has 0 radical (unpaired) electrons. The molecular weight excluding hydrogens is 361 g/mol. The number of carbonyl (C=O) groups excluding carboxylic acids is 1. The van der Waals surface area contributed by atoms with Gasteiger partial charge in [-0.05, 0) is 73.4 Å². The molecule has 18 heavy (non-hydrogen) atoms. The third kappa shape index (κ3) is 3.38. The Kier molecular flexibility index (Phi) is 4.54. The first kappa shape index (κ1) is 14.1. The number of rotatable bonds is 4. The van der Waals surface area contributed by atoms with E-state index in [2.05, 4.69) is 36.4 Å². The van der Waals surface area contributed by atoms with Crippen molar-refractivity contribution < 1.29 is 4.79 Å². The molecule has 0 heterocycles. The molecular formula is C14H17ClINO. The lowest BCUT2D eigenvalue weighted by Crippen LogP contribution is -2.38. The SMILES string of the molecule is CC(C)N(CC1CC1)C(=O)c1cc(Cl)ccc1I. The number of halogens is 2. The zero-order chi connectivity index (χ0) is 13.3. The van der Waals surface area contributed by atoms with Crippen LogP contribution in [0.1, 0.15) is 37.0 Å². The van der Waals surface area contributed by atoms with Gasteiger partial charge in [-0.1, -0.05) is 11.6 Å². The van der Waals surface area contributed by atoms with Gasteiger partial charge in [-0.3, -0.25) is 4.79 Å². The van der Waals surface area contributed by atoms with Crippen molar-refractivity contribution in [3.63, 3.8) is 0 Å². The molecule has 4 heteroatoms. The van der Waals surface area contributed by atoms with Gasteiger partial charge in [-0.15, -0.1) is 0 Å². The highest BCUT2D eigenvalue weighted by atomic mass is 127. The highest BCUT2D eigenvalue weighted by Crippen LogP contribution is 2.31. The minimum atomic E-state index is 0.101. The van der Waals surface area contributed by atoms with Gasteiger partial charge >= 0.3 is 0 Å². The average Bonchev–Trinajstić information content (AvgIpc) is 3.12. The van der Waals surface area contributed by atoms with Crippen LogP contribution in [0, 0.1) is 9.49 Å². The quantitative estimate of drug-likeness (QED) is 0.720. The summed E-state index contributed by atoms with van der Waals surface area (Å²) in [5.41, 5.74) is 0.720. The van der Waals surface area contributed by atoms with Gasteiger partial charge < -0.3 is 4.90 Å². The fraction of sp³-hybridized carbons (Fsp3) is 0.500. The Morgan fingerprint density at radius 1 is 1.50 bits per heavy atom. The smallest absolute Gasteiger partial charge is 0.255 e. The Balaban J connectivity index is 2.23. The maximum Gasteiger partial charge on any atom is 0.255 e. The lowest BCUT2D eigenvalue weighted by Gasteiger charge is -2.27. The van der Waals surface area contributed by atoms with E-state index in [1.165, 1.54) is 12.8 Å². The van der Waals surface area contributed by atoms with Gasteiger partial charge in [-0.2, -0.15) is 0 Å². The van der Waals surface area contributed by atoms with E-state index in [1.807, 2.05) is 17.0 Å². The van der Waals surface area contributed by atoms with Crippen molar-refractivity contribution >= 4 is 40.1 Å². The van der Waals surface area contributed by atoms with Crippen molar-refractivity contribution in [1.82, 2.24) is 4.90 Å². The minimum Gasteiger partial charge on any atom is -0.336 e. The van der Waals surface area contributed by atoms with Crippen LogP contribution in [-0.4, -0.2) is 23.4 Å². The summed E-state index contributed by atoms with van der Waals surface area (Å²) < 4.78 is 0.962. The van der Waals surface area contributed by atoms with Crippen molar-refractivity contribution in [2.45, 2.75) is 32.7 Å². The van der Waals surface area contributed by atoms with E-state index in [4.69, 9.17) is 11.6 Å².